The van der Waals surface area contributed by atoms with Gasteiger partial charge in [0, 0.05) is 25.0 Å². The molecular formula is C14H22N2O3S3. The van der Waals surface area contributed by atoms with Crippen LogP contribution in [0.3, 0.4) is 0 Å². The van der Waals surface area contributed by atoms with E-state index < -0.39 is 10.0 Å². The summed E-state index contributed by atoms with van der Waals surface area (Å²) in [5.74, 6) is 0.237. The van der Waals surface area contributed by atoms with Crippen molar-refractivity contribution in [3.8, 4) is 0 Å². The minimum absolute atomic E-state index is 0.00443. The maximum absolute atomic E-state index is 12.3. The molecule has 0 N–H and O–H groups in total. The predicted molar refractivity (Wildman–Crippen MR) is 92.5 cm³/mol. The van der Waals surface area contributed by atoms with Gasteiger partial charge < -0.3 is 4.90 Å². The number of thioether (sulfide) groups is 1. The zero-order valence-corrected chi connectivity index (χ0v) is 15.5. The Morgan fingerprint density at radius 3 is 2.73 bits per heavy atom. The van der Waals surface area contributed by atoms with Crippen LogP contribution in [0.2, 0.25) is 0 Å². The molecule has 1 aromatic heterocycles. The van der Waals surface area contributed by atoms with E-state index in [1.807, 2.05) is 31.4 Å². The van der Waals surface area contributed by atoms with Crippen molar-refractivity contribution in [1.82, 2.24) is 9.21 Å². The molecule has 124 valence electrons. The number of hydrogen-bond donors (Lipinski definition) is 0. The van der Waals surface area contributed by atoms with Crippen LogP contribution in [0.5, 0.6) is 0 Å². The van der Waals surface area contributed by atoms with Crippen LogP contribution < -0.4 is 0 Å². The zero-order valence-electron chi connectivity index (χ0n) is 13.1. The van der Waals surface area contributed by atoms with Gasteiger partial charge in [0.25, 0.3) is 0 Å². The maximum atomic E-state index is 12.3. The molecule has 1 fully saturated rings. The van der Waals surface area contributed by atoms with E-state index in [1.165, 1.54) is 4.31 Å². The summed E-state index contributed by atoms with van der Waals surface area (Å²) in [6.45, 7) is 4.52. The molecule has 2 atom stereocenters. The first-order valence-electron chi connectivity index (χ1n) is 7.30. The highest BCUT2D eigenvalue weighted by atomic mass is 32.2. The molecule has 1 saturated heterocycles. The third kappa shape index (κ3) is 3.84. The summed E-state index contributed by atoms with van der Waals surface area (Å²) in [4.78, 5) is 15.3. The molecule has 5 nitrogen and oxygen atoms in total. The molecule has 1 amide bonds. The van der Waals surface area contributed by atoms with Crippen LogP contribution in [0.15, 0.2) is 17.5 Å². The van der Waals surface area contributed by atoms with Crippen molar-refractivity contribution in [2.45, 2.75) is 30.9 Å². The van der Waals surface area contributed by atoms with Crippen LogP contribution in [0.1, 0.15) is 30.5 Å². The first-order valence-corrected chi connectivity index (χ1v) is 10.7. The lowest BCUT2D eigenvalue weighted by atomic mass is 10.3. The van der Waals surface area contributed by atoms with Crippen molar-refractivity contribution in [3.05, 3.63) is 22.4 Å². The summed E-state index contributed by atoms with van der Waals surface area (Å²) in [6.07, 6.45) is 0.597. The van der Waals surface area contributed by atoms with Crippen LogP contribution in [-0.2, 0) is 14.8 Å². The Bertz CT molecular complexity index is 601. The highest BCUT2D eigenvalue weighted by molar-refractivity contribution is 8.01. The van der Waals surface area contributed by atoms with E-state index in [-0.39, 0.29) is 22.3 Å². The third-order valence-electron chi connectivity index (χ3n) is 3.63. The van der Waals surface area contributed by atoms with Crippen molar-refractivity contribution in [3.63, 3.8) is 0 Å². The summed E-state index contributed by atoms with van der Waals surface area (Å²) in [6, 6.07) is 4.00. The van der Waals surface area contributed by atoms with E-state index in [9.17, 15) is 13.2 Å². The summed E-state index contributed by atoms with van der Waals surface area (Å²) in [5, 5.41) is 1.92. The molecule has 0 saturated carbocycles. The van der Waals surface area contributed by atoms with Crippen molar-refractivity contribution in [2.24, 2.45) is 0 Å². The van der Waals surface area contributed by atoms with Gasteiger partial charge in [-0.2, -0.15) is 0 Å². The number of carbonyl (C=O) groups is 1. The van der Waals surface area contributed by atoms with Gasteiger partial charge in [-0.1, -0.05) is 13.0 Å². The molecule has 1 aliphatic heterocycles. The number of thiophene rings is 1. The van der Waals surface area contributed by atoms with Gasteiger partial charge in [0.1, 0.15) is 5.37 Å². The van der Waals surface area contributed by atoms with Crippen molar-refractivity contribution in [1.29, 1.82) is 0 Å². The summed E-state index contributed by atoms with van der Waals surface area (Å²) in [5.41, 5.74) is 0. The number of hydrogen-bond acceptors (Lipinski definition) is 5. The van der Waals surface area contributed by atoms with Crippen molar-refractivity contribution >= 4 is 39.0 Å². The number of carbonyl (C=O) groups excluding carboxylic acids is 1. The average Bonchev–Trinajstić information content (AvgIpc) is 3.06. The van der Waals surface area contributed by atoms with Gasteiger partial charge in [-0.3, -0.25) is 4.79 Å². The molecule has 0 bridgehead atoms. The van der Waals surface area contributed by atoms with Crippen molar-refractivity contribution < 1.29 is 13.2 Å². The topological polar surface area (TPSA) is 57.7 Å². The fourth-order valence-corrected chi connectivity index (χ4v) is 5.80. The smallest absolute Gasteiger partial charge is 0.236 e. The van der Waals surface area contributed by atoms with E-state index in [1.54, 1.807) is 35.0 Å². The number of amides is 1. The Balaban J connectivity index is 2.05. The lowest BCUT2D eigenvalue weighted by Gasteiger charge is -2.25. The molecule has 0 aliphatic carbocycles. The second-order valence-electron chi connectivity index (χ2n) is 5.32. The first kappa shape index (κ1) is 17.8. The van der Waals surface area contributed by atoms with Crippen LogP contribution in [0.25, 0.3) is 0 Å². The van der Waals surface area contributed by atoms with Gasteiger partial charge in [-0.05, 0) is 24.8 Å². The van der Waals surface area contributed by atoms with Crippen LogP contribution in [-0.4, -0.2) is 54.7 Å². The summed E-state index contributed by atoms with van der Waals surface area (Å²) < 4.78 is 25.4. The van der Waals surface area contributed by atoms with Gasteiger partial charge in [0.05, 0.1) is 11.0 Å². The number of nitrogens with zero attached hydrogens (tertiary/aromatic N) is 2. The molecule has 2 rings (SSSR count). The molecule has 22 heavy (non-hydrogen) atoms. The van der Waals surface area contributed by atoms with Gasteiger partial charge in [-0.15, -0.1) is 23.1 Å². The Labute approximate surface area is 140 Å². The Hall–Kier alpha value is -0.570. The van der Waals surface area contributed by atoms with E-state index >= 15 is 0 Å². The van der Waals surface area contributed by atoms with Crippen LogP contribution >= 0.6 is 23.1 Å². The standard InChI is InChI=1S/C14H22N2O3S3/c1-4-10-22(18,19)15(3)7-8-16-13(17)11(2)21-14(16)12-6-5-9-20-12/h5-6,9,11,14H,4,7-8,10H2,1-3H3/t11-,14+/m1/s1. The highest BCUT2D eigenvalue weighted by Crippen LogP contribution is 2.44. The van der Waals surface area contributed by atoms with Crippen molar-refractivity contribution in [2.75, 3.05) is 25.9 Å². The fourth-order valence-electron chi connectivity index (χ4n) is 2.36. The largest absolute Gasteiger partial charge is 0.323 e. The number of sulfonamides is 1. The SMILES string of the molecule is CCCS(=O)(=O)N(C)CCN1C(=O)[C@@H](C)S[C@H]1c1cccs1. The minimum atomic E-state index is -3.21. The van der Waals surface area contributed by atoms with Gasteiger partial charge in [0.2, 0.25) is 15.9 Å². The lowest BCUT2D eigenvalue weighted by molar-refractivity contribution is -0.129. The van der Waals surface area contributed by atoms with Gasteiger partial charge in [0.15, 0.2) is 0 Å². The lowest BCUT2D eigenvalue weighted by Crippen LogP contribution is -2.39. The Morgan fingerprint density at radius 2 is 2.14 bits per heavy atom. The maximum Gasteiger partial charge on any atom is 0.236 e. The molecule has 0 spiro atoms. The molecule has 8 heteroatoms. The Kier molecular flexibility index (Phi) is 5.93. The fraction of sp³-hybridized carbons (Fsp3) is 0.643. The first-order chi connectivity index (χ1) is 10.4. The number of rotatable bonds is 7. The predicted octanol–water partition coefficient (Wildman–Crippen LogP) is 2.38. The molecule has 0 radical (unpaired) electrons. The van der Waals surface area contributed by atoms with E-state index in [2.05, 4.69) is 0 Å². The van der Waals surface area contributed by atoms with E-state index in [0.29, 0.717) is 19.5 Å². The van der Waals surface area contributed by atoms with Crippen LogP contribution in [0, 0.1) is 0 Å². The van der Waals surface area contributed by atoms with Gasteiger partial charge in [-0.25, -0.2) is 12.7 Å². The normalized spacial score (nSPS) is 22.7. The second kappa shape index (κ2) is 7.33. The number of likely N-dealkylation sites (N-methyl/N-ethyl adjacent to an activating group) is 1. The van der Waals surface area contributed by atoms with E-state index in [4.69, 9.17) is 0 Å². The average molecular weight is 363 g/mol. The zero-order chi connectivity index (χ0) is 16.3. The molecule has 0 unspecified atom stereocenters. The monoisotopic (exact) mass is 362 g/mol. The molecule has 1 aromatic rings. The highest BCUT2D eigenvalue weighted by Gasteiger charge is 2.39. The molecular weight excluding hydrogens is 340 g/mol. The van der Waals surface area contributed by atoms with E-state index in [0.717, 1.165) is 4.88 Å². The molecule has 2 heterocycles. The third-order valence-corrected chi connectivity index (χ3v) is 8.13. The second-order valence-corrected chi connectivity index (χ2v) is 9.92. The summed E-state index contributed by atoms with van der Waals surface area (Å²) >= 11 is 3.26. The quantitative estimate of drug-likeness (QED) is 0.747. The minimum Gasteiger partial charge on any atom is -0.323 e. The Morgan fingerprint density at radius 1 is 1.41 bits per heavy atom. The molecule has 1 aliphatic rings. The van der Waals surface area contributed by atoms with Gasteiger partial charge >= 0.3 is 0 Å². The van der Waals surface area contributed by atoms with Crippen LogP contribution in [0.4, 0.5) is 0 Å². The molecule has 0 aromatic carbocycles. The summed E-state index contributed by atoms with van der Waals surface area (Å²) in [7, 11) is -1.63.